The summed E-state index contributed by atoms with van der Waals surface area (Å²) in [5.41, 5.74) is 1.29. The summed E-state index contributed by atoms with van der Waals surface area (Å²) in [5.74, 6) is 1.92. The van der Waals surface area contributed by atoms with Crippen LogP contribution in [-0.2, 0) is 0 Å². The SMILES string of the molecule is C=CCOc1ccc(Oc2ccc3nccnc3n2)cc1. The van der Waals surface area contributed by atoms with Crippen LogP contribution >= 0.6 is 0 Å². The summed E-state index contributed by atoms with van der Waals surface area (Å²) >= 11 is 0. The molecule has 0 radical (unpaired) electrons. The van der Waals surface area contributed by atoms with E-state index in [1.807, 2.05) is 30.3 Å². The molecule has 0 N–H and O–H groups in total. The lowest BCUT2D eigenvalue weighted by molar-refractivity contribution is 0.362. The van der Waals surface area contributed by atoms with Gasteiger partial charge in [-0.2, -0.15) is 4.98 Å². The molecule has 2 heterocycles. The molecule has 1 aromatic carbocycles. The minimum absolute atomic E-state index is 0.475. The van der Waals surface area contributed by atoms with Crippen molar-refractivity contribution in [2.45, 2.75) is 0 Å². The summed E-state index contributed by atoms with van der Waals surface area (Å²) in [6.07, 6.45) is 4.93. The summed E-state index contributed by atoms with van der Waals surface area (Å²) in [6.45, 7) is 4.08. The molecule has 0 atom stereocenters. The van der Waals surface area contributed by atoms with E-state index >= 15 is 0 Å². The molecule has 0 bridgehead atoms. The zero-order chi connectivity index (χ0) is 14.5. The maximum absolute atomic E-state index is 5.69. The van der Waals surface area contributed by atoms with Crippen LogP contribution in [0.5, 0.6) is 17.4 Å². The molecule has 0 aliphatic carbocycles. The van der Waals surface area contributed by atoms with E-state index in [0.717, 1.165) is 11.3 Å². The molecule has 104 valence electrons. The Morgan fingerprint density at radius 3 is 2.52 bits per heavy atom. The largest absolute Gasteiger partial charge is 0.490 e. The van der Waals surface area contributed by atoms with Crippen molar-refractivity contribution >= 4 is 11.2 Å². The Kier molecular flexibility index (Phi) is 3.73. The molecule has 21 heavy (non-hydrogen) atoms. The van der Waals surface area contributed by atoms with Crippen molar-refractivity contribution < 1.29 is 9.47 Å². The van der Waals surface area contributed by atoms with Crippen LogP contribution in [0.15, 0.2) is 61.4 Å². The van der Waals surface area contributed by atoms with E-state index in [1.54, 1.807) is 24.5 Å². The van der Waals surface area contributed by atoms with Gasteiger partial charge >= 0.3 is 0 Å². The van der Waals surface area contributed by atoms with E-state index in [4.69, 9.17) is 9.47 Å². The van der Waals surface area contributed by atoms with Gasteiger partial charge in [-0.3, -0.25) is 4.98 Å². The lowest BCUT2D eigenvalue weighted by atomic mass is 10.3. The van der Waals surface area contributed by atoms with Crippen molar-refractivity contribution in [3.8, 4) is 17.4 Å². The van der Waals surface area contributed by atoms with Crippen molar-refractivity contribution in [2.24, 2.45) is 0 Å². The van der Waals surface area contributed by atoms with Gasteiger partial charge in [0.2, 0.25) is 5.88 Å². The summed E-state index contributed by atoms with van der Waals surface area (Å²) in [5, 5.41) is 0. The minimum Gasteiger partial charge on any atom is -0.490 e. The van der Waals surface area contributed by atoms with E-state index < -0.39 is 0 Å². The first-order chi connectivity index (χ1) is 10.3. The van der Waals surface area contributed by atoms with Gasteiger partial charge in [0, 0.05) is 18.5 Å². The summed E-state index contributed by atoms with van der Waals surface area (Å²) in [4.78, 5) is 12.6. The number of pyridine rings is 1. The highest BCUT2D eigenvalue weighted by Gasteiger charge is 2.02. The fourth-order valence-corrected chi connectivity index (χ4v) is 1.77. The average Bonchev–Trinajstić information content (AvgIpc) is 2.54. The maximum atomic E-state index is 5.69. The molecule has 5 nitrogen and oxygen atoms in total. The van der Waals surface area contributed by atoms with Crippen LogP contribution in [0.2, 0.25) is 0 Å². The Bertz CT molecular complexity index is 757. The quantitative estimate of drug-likeness (QED) is 0.670. The molecule has 0 fully saturated rings. The highest BCUT2D eigenvalue weighted by atomic mass is 16.5. The van der Waals surface area contributed by atoms with Crippen LogP contribution in [0, 0.1) is 0 Å². The lowest BCUT2D eigenvalue weighted by Crippen LogP contribution is -1.93. The van der Waals surface area contributed by atoms with Crippen LogP contribution in [0.4, 0.5) is 0 Å². The van der Waals surface area contributed by atoms with Gasteiger partial charge < -0.3 is 9.47 Å². The van der Waals surface area contributed by atoms with Gasteiger partial charge in [0.1, 0.15) is 23.6 Å². The Morgan fingerprint density at radius 2 is 1.71 bits per heavy atom. The summed E-state index contributed by atoms with van der Waals surface area (Å²) < 4.78 is 11.1. The molecular weight excluding hydrogens is 266 g/mol. The van der Waals surface area contributed by atoms with E-state index in [0.29, 0.717) is 23.9 Å². The van der Waals surface area contributed by atoms with Crippen molar-refractivity contribution in [3.05, 3.63) is 61.4 Å². The topological polar surface area (TPSA) is 57.1 Å². The fraction of sp³-hybridized carbons (Fsp3) is 0.0625. The Labute approximate surface area is 121 Å². The second-order valence-corrected chi connectivity index (χ2v) is 4.22. The molecule has 0 unspecified atom stereocenters. The summed E-state index contributed by atoms with van der Waals surface area (Å²) in [7, 11) is 0. The fourth-order valence-electron chi connectivity index (χ4n) is 1.77. The third-order valence-electron chi connectivity index (χ3n) is 2.72. The second kappa shape index (κ2) is 6.00. The predicted octanol–water partition coefficient (Wildman–Crippen LogP) is 3.38. The Hall–Kier alpha value is -2.95. The van der Waals surface area contributed by atoms with Crippen molar-refractivity contribution in [1.82, 2.24) is 15.0 Å². The molecule has 3 aromatic rings. The number of hydrogen-bond donors (Lipinski definition) is 0. The van der Waals surface area contributed by atoms with E-state index in [-0.39, 0.29) is 0 Å². The van der Waals surface area contributed by atoms with Gasteiger partial charge in [-0.05, 0) is 30.3 Å². The zero-order valence-electron chi connectivity index (χ0n) is 11.3. The van der Waals surface area contributed by atoms with Crippen molar-refractivity contribution in [2.75, 3.05) is 6.61 Å². The molecule has 3 rings (SSSR count). The third kappa shape index (κ3) is 3.14. The number of benzene rings is 1. The minimum atomic E-state index is 0.475. The monoisotopic (exact) mass is 279 g/mol. The van der Waals surface area contributed by atoms with Crippen LogP contribution in [0.3, 0.4) is 0 Å². The van der Waals surface area contributed by atoms with Gasteiger partial charge in [-0.25, -0.2) is 4.98 Å². The third-order valence-corrected chi connectivity index (χ3v) is 2.72. The molecular formula is C16H13N3O2. The first kappa shape index (κ1) is 13.1. The first-order valence-corrected chi connectivity index (χ1v) is 6.44. The maximum Gasteiger partial charge on any atom is 0.221 e. The first-order valence-electron chi connectivity index (χ1n) is 6.44. The van der Waals surface area contributed by atoms with E-state index in [9.17, 15) is 0 Å². The molecule has 0 aliphatic heterocycles. The van der Waals surface area contributed by atoms with Crippen LogP contribution < -0.4 is 9.47 Å². The van der Waals surface area contributed by atoms with Crippen LogP contribution in [0.1, 0.15) is 0 Å². The summed E-state index contributed by atoms with van der Waals surface area (Å²) in [6, 6.07) is 10.9. The number of rotatable bonds is 5. The van der Waals surface area contributed by atoms with Crippen molar-refractivity contribution in [1.29, 1.82) is 0 Å². The Balaban J connectivity index is 1.76. The Morgan fingerprint density at radius 1 is 0.952 bits per heavy atom. The van der Waals surface area contributed by atoms with Gasteiger partial charge in [-0.15, -0.1) is 0 Å². The van der Waals surface area contributed by atoms with Crippen LogP contribution in [-0.4, -0.2) is 21.6 Å². The van der Waals surface area contributed by atoms with Gasteiger partial charge in [0.25, 0.3) is 0 Å². The van der Waals surface area contributed by atoms with Crippen LogP contribution in [0.25, 0.3) is 11.2 Å². The molecule has 0 spiro atoms. The van der Waals surface area contributed by atoms with E-state index in [1.165, 1.54) is 0 Å². The molecule has 0 aliphatic rings. The normalized spacial score (nSPS) is 10.3. The number of fused-ring (bicyclic) bond motifs is 1. The lowest BCUT2D eigenvalue weighted by Gasteiger charge is -2.07. The molecule has 0 saturated carbocycles. The molecule has 0 saturated heterocycles. The highest BCUT2D eigenvalue weighted by Crippen LogP contribution is 2.23. The van der Waals surface area contributed by atoms with Crippen molar-refractivity contribution in [3.63, 3.8) is 0 Å². The van der Waals surface area contributed by atoms with Gasteiger partial charge in [0.15, 0.2) is 5.65 Å². The second-order valence-electron chi connectivity index (χ2n) is 4.22. The molecule has 2 aromatic heterocycles. The highest BCUT2D eigenvalue weighted by molar-refractivity contribution is 5.69. The van der Waals surface area contributed by atoms with Gasteiger partial charge in [-0.1, -0.05) is 12.7 Å². The number of aromatic nitrogens is 3. The predicted molar refractivity (Wildman–Crippen MR) is 79.5 cm³/mol. The van der Waals surface area contributed by atoms with Gasteiger partial charge in [0.05, 0.1) is 0 Å². The smallest absolute Gasteiger partial charge is 0.221 e. The zero-order valence-corrected chi connectivity index (χ0v) is 11.3. The molecule has 0 amide bonds. The standard InChI is InChI=1S/C16H13N3O2/c1-2-11-20-12-3-5-13(6-4-12)21-15-8-7-14-16(19-15)18-10-9-17-14/h2-10H,1,11H2. The molecule has 5 heteroatoms. The number of nitrogens with zero attached hydrogens (tertiary/aromatic N) is 3. The van der Waals surface area contributed by atoms with E-state index in [2.05, 4.69) is 21.5 Å². The number of ether oxygens (including phenoxy) is 2. The number of hydrogen-bond acceptors (Lipinski definition) is 5. The average molecular weight is 279 g/mol.